The van der Waals surface area contributed by atoms with Crippen molar-refractivity contribution in [1.82, 2.24) is 0 Å². The molecule has 0 bridgehead atoms. The van der Waals surface area contributed by atoms with Crippen LogP contribution in [0.1, 0.15) is 23.2 Å². The average Bonchev–Trinajstić information content (AvgIpc) is 2.22. The van der Waals surface area contributed by atoms with Gasteiger partial charge in [0.05, 0.1) is 5.02 Å². The van der Waals surface area contributed by atoms with Gasteiger partial charge in [0.25, 0.3) is 0 Å². The third-order valence-electron chi connectivity index (χ3n) is 1.98. The molecule has 1 rings (SSSR count). The zero-order chi connectivity index (χ0) is 11.3. The second-order valence-corrected chi connectivity index (χ2v) is 3.99. The summed E-state index contributed by atoms with van der Waals surface area (Å²) < 4.78 is 4.87. The van der Waals surface area contributed by atoms with E-state index < -0.39 is 0 Å². The highest BCUT2D eigenvalue weighted by molar-refractivity contribution is 6.35. The van der Waals surface area contributed by atoms with Gasteiger partial charge in [-0.15, -0.1) is 0 Å². The van der Waals surface area contributed by atoms with Crippen LogP contribution in [-0.2, 0) is 4.74 Å². The topological polar surface area (TPSA) is 26.3 Å². The molecule has 0 aliphatic rings. The third kappa shape index (κ3) is 3.82. The molecule has 1 aromatic carbocycles. The van der Waals surface area contributed by atoms with Crippen molar-refractivity contribution in [1.29, 1.82) is 0 Å². The third-order valence-corrected chi connectivity index (χ3v) is 2.55. The highest BCUT2D eigenvalue weighted by atomic mass is 35.5. The van der Waals surface area contributed by atoms with Crippen LogP contribution in [0.3, 0.4) is 0 Å². The summed E-state index contributed by atoms with van der Waals surface area (Å²) in [4.78, 5) is 11.7. The number of hydrogen-bond donors (Lipinski definition) is 0. The molecule has 0 N–H and O–H groups in total. The number of hydrogen-bond acceptors (Lipinski definition) is 2. The normalized spacial score (nSPS) is 10.3. The van der Waals surface area contributed by atoms with Crippen LogP contribution < -0.4 is 0 Å². The summed E-state index contributed by atoms with van der Waals surface area (Å²) in [6.07, 6.45) is 1.12. The summed E-state index contributed by atoms with van der Waals surface area (Å²) in [5.41, 5.74) is 0.486. The lowest BCUT2D eigenvalue weighted by molar-refractivity contribution is 0.0963. The number of benzene rings is 1. The lowest BCUT2D eigenvalue weighted by atomic mass is 10.1. The van der Waals surface area contributed by atoms with Gasteiger partial charge in [0, 0.05) is 30.7 Å². The van der Waals surface area contributed by atoms with Crippen LogP contribution in [0.2, 0.25) is 10.0 Å². The molecule has 0 heterocycles. The van der Waals surface area contributed by atoms with Crippen molar-refractivity contribution in [3.8, 4) is 0 Å². The van der Waals surface area contributed by atoms with Crippen molar-refractivity contribution in [3.63, 3.8) is 0 Å². The smallest absolute Gasteiger partial charge is 0.164 e. The fraction of sp³-hybridized carbons (Fsp3) is 0.364. The SMILES string of the molecule is COCCCC(=O)c1cc(Cl)ccc1Cl. The van der Waals surface area contributed by atoms with Gasteiger partial charge in [-0.2, -0.15) is 0 Å². The predicted octanol–water partition coefficient (Wildman–Crippen LogP) is 3.60. The van der Waals surface area contributed by atoms with E-state index in [-0.39, 0.29) is 5.78 Å². The molecule has 0 saturated carbocycles. The first-order valence-electron chi connectivity index (χ1n) is 4.62. The van der Waals surface area contributed by atoms with E-state index in [1.54, 1.807) is 25.3 Å². The van der Waals surface area contributed by atoms with Crippen LogP contribution in [0.5, 0.6) is 0 Å². The number of ether oxygens (including phenoxy) is 1. The summed E-state index contributed by atoms with van der Waals surface area (Å²) in [5.74, 6) is -0.000417. The monoisotopic (exact) mass is 246 g/mol. The van der Waals surface area contributed by atoms with Crippen LogP contribution in [0.4, 0.5) is 0 Å². The van der Waals surface area contributed by atoms with Crippen molar-refractivity contribution in [2.24, 2.45) is 0 Å². The summed E-state index contributed by atoms with van der Waals surface area (Å²) in [5, 5.41) is 0.969. The Hall–Kier alpha value is -0.570. The second kappa shape index (κ2) is 6.11. The second-order valence-electron chi connectivity index (χ2n) is 3.14. The maximum Gasteiger partial charge on any atom is 0.164 e. The zero-order valence-corrected chi connectivity index (χ0v) is 9.94. The molecule has 82 valence electrons. The number of rotatable bonds is 5. The zero-order valence-electron chi connectivity index (χ0n) is 8.43. The highest BCUT2D eigenvalue weighted by Crippen LogP contribution is 2.22. The number of Topliss-reactive ketones (excluding diaryl/α,β-unsaturated/α-hetero) is 1. The molecule has 0 spiro atoms. The Bertz CT molecular complexity index is 350. The molecule has 0 atom stereocenters. The Balaban J connectivity index is 2.68. The van der Waals surface area contributed by atoms with Gasteiger partial charge < -0.3 is 4.74 Å². The molecular weight excluding hydrogens is 235 g/mol. The predicted molar refractivity (Wildman–Crippen MR) is 61.9 cm³/mol. The van der Waals surface area contributed by atoms with E-state index in [0.717, 1.165) is 0 Å². The Morgan fingerprint density at radius 2 is 2.13 bits per heavy atom. The molecule has 4 heteroatoms. The van der Waals surface area contributed by atoms with E-state index in [1.807, 2.05) is 0 Å². The van der Waals surface area contributed by atoms with Gasteiger partial charge in [-0.25, -0.2) is 0 Å². The quantitative estimate of drug-likeness (QED) is 0.587. The Morgan fingerprint density at radius 1 is 1.40 bits per heavy atom. The van der Waals surface area contributed by atoms with E-state index in [2.05, 4.69) is 0 Å². The molecule has 0 aliphatic carbocycles. The van der Waals surface area contributed by atoms with Crippen molar-refractivity contribution in [2.75, 3.05) is 13.7 Å². The van der Waals surface area contributed by atoms with Gasteiger partial charge in [-0.05, 0) is 24.6 Å². The fourth-order valence-corrected chi connectivity index (χ4v) is 1.62. The van der Waals surface area contributed by atoms with Crippen molar-refractivity contribution < 1.29 is 9.53 Å². The van der Waals surface area contributed by atoms with E-state index in [9.17, 15) is 4.79 Å². The number of carbonyl (C=O) groups excluding carboxylic acids is 1. The van der Waals surface area contributed by atoms with Gasteiger partial charge >= 0.3 is 0 Å². The van der Waals surface area contributed by atoms with E-state index in [4.69, 9.17) is 27.9 Å². The van der Waals surface area contributed by atoms with Gasteiger partial charge in [-0.1, -0.05) is 23.2 Å². The Kier molecular flexibility index (Phi) is 5.09. The first-order valence-corrected chi connectivity index (χ1v) is 5.38. The molecule has 0 fully saturated rings. The summed E-state index contributed by atoms with van der Waals surface area (Å²) in [7, 11) is 1.61. The molecule has 0 aromatic heterocycles. The first-order chi connectivity index (χ1) is 7.15. The largest absolute Gasteiger partial charge is 0.385 e. The van der Waals surface area contributed by atoms with Gasteiger partial charge in [0.2, 0.25) is 0 Å². The van der Waals surface area contributed by atoms with E-state index >= 15 is 0 Å². The summed E-state index contributed by atoms with van der Waals surface area (Å²) >= 11 is 11.7. The molecule has 1 aromatic rings. The lowest BCUT2D eigenvalue weighted by Crippen LogP contribution is -2.02. The molecular formula is C11H12Cl2O2. The van der Waals surface area contributed by atoms with Crippen LogP contribution >= 0.6 is 23.2 Å². The first kappa shape index (κ1) is 12.5. The number of carbonyl (C=O) groups is 1. The molecule has 0 amide bonds. The Morgan fingerprint density at radius 3 is 2.80 bits per heavy atom. The van der Waals surface area contributed by atoms with Gasteiger partial charge in [-0.3, -0.25) is 4.79 Å². The Labute approximate surface area is 99.1 Å². The summed E-state index contributed by atoms with van der Waals surface area (Å²) in [6, 6.07) is 4.89. The fourth-order valence-electron chi connectivity index (χ4n) is 1.22. The maximum atomic E-state index is 11.7. The van der Waals surface area contributed by atoms with E-state index in [0.29, 0.717) is 35.1 Å². The highest BCUT2D eigenvalue weighted by Gasteiger charge is 2.10. The van der Waals surface area contributed by atoms with Gasteiger partial charge in [0.15, 0.2) is 5.78 Å². The van der Waals surface area contributed by atoms with E-state index in [1.165, 1.54) is 0 Å². The van der Waals surface area contributed by atoms with Crippen LogP contribution in [0.25, 0.3) is 0 Å². The minimum atomic E-state index is -0.000417. The molecule has 0 saturated heterocycles. The number of methoxy groups -OCH3 is 1. The van der Waals surface area contributed by atoms with Crippen molar-refractivity contribution in [3.05, 3.63) is 33.8 Å². The number of halogens is 2. The van der Waals surface area contributed by atoms with Crippen molar-refractivity contribution >= 4 is 29.0 Å². The van der Waals surface area contributed by atoms with Gasteiger partial charge in [0.1, 0.15) is 0 Å². The van der Waals surface area contributed by atoms with Crippen LogP contribution in [0, 0.1) is 0 Å². The average molecular weight is 247 g/mol. The molecule has 0 aliphatic heterocycles. The number of ketones is 1. The van der Waals surface area contributed by atoms with Crippen molar-refractivity contribution in [2.45, 2.75) is 12.8 Å². The minimum absolute atomic E-state index is 0.000417. The summed E-state index contributed by atoms with van der Waals surface area (Å²) in [6.45, 7) is 0.573. The molecule has 15 heavy (non-hydrogen) atoms. The van der Waals surface area contributed by atoms with Crippen LogP contribution in [-0.4, -0.2) is 19.5 Å². The van der Waals surface area contributed by atoms with Crippen LogP contribution in [0.15, 0.2) is 18.2 Å². The molecule has 0 radical (unpaired) electrons. The lowest BCUT2D eigenvalue weighted by Gasteiger charge is -2.03. The standard InChI is InChI=1S/C11H12Cl2O2/c1-15-6-2-3-11(14)9-7-8(12)4-5-10(9)13/h4-5,7H,2-3,6H2,1H3. The molecule has 0 unspecified atom stereocenters. The molecule has 2 nitrogen and oxygen atoms in total. The maximum absolute atomic E-state index is 11.7. The minimum Gasteiger partial charge on any atom is -0.385 e.